The molecule has 1 unspecified atom stereocenters. The molecular formula is C16H19BrClNOS. The van der Waals surface area contributed by atoms with Gasteiger partial charge >= 0.3 is 0 Å². The lowest BCUT2D eigenvalue weighted by Crippen LogP contribution is -2.22. The average molecular weight is 389 g/mol. The molecule has 0 aliphatic heterocycles. The normalized spacial score (nSPS) is 12.4. The molecule has 2 aromatic rings. The Labute approximate surface area is 143 Å². The number of nitrogens with one attached hydrogen (secondary N) is 1. The van der Waals surface area contributed by atoms with E-state index in [-0.39, 0.29) is 6.04 Å². The molecule has 1 N–H and O–H groups in total. The number of aryl methyl sites for hydroxylation is 1. The van der Waals surface area contributed by atoms with E-state index in [1.807, 2.05) is 18.2 Å². The zero-order valence-electron chi connectivity index (χ0n) is 12.4. The first-order chi connectivity index (χ1) is 10.1. The Morgan fingerprint density at radius 3 is 2.71 bits per heavy atom. The molecule has 0 spiro atoms. The van der Waals surface area contributed by atoms with Gasteiger partial charge in [-0.3, -0.25) is 0 Å². The molecule has 5 heteroatoms. The van der Waals surface area contributed by atoms with Gasteiger partial charge in [-0.25, -0.2) is 0 Å². The summed E-state index contributed by atoms with van der Waals surface area (Å²) in [5.41, 5.74) is 2.37. The molecule has 1 aromatic heterocycles. The molecule has 2 nitrogen and oxygen atoms in total. The fourth-order valence-electron chi connectivity index (χ4n) is 2.20. The van der Waals surface area contributed by atoms with E-state index < -0.39 is 0 Å². The monoisotopic (exact) mass is 387 g/mol. The van der Waals surface area contributed by atoms with Gasteiger partial charge in [-0.15, -0.1) is 11.3 Å². The van der Waals surface area contributed by atoms with Crippen molar-refractivity contribution >= 4 is 38.9 Å². The third kappa shape index (κ3) is 4.01. The zero-order valence-corrected chi connectivity index (χ0v) is 15.5. The highest BCUT2D eigenvalue weighted by Gasteiger charge is 2.20. The standard InChI is InChI=1S/C16H19BrClNOS/c1-4-7-19-15(14-8-10(2)16(17)21-14)12-6-5-11(18)9-13(12)20-3/h5-6,8-9,15,19H,4,7H2,1-3H3. The lowest BCUT2D eigenvalue weighted by atomic mass is 10.0. The largest absolute Gasteiger partial charge is 0.496 e. The quantitative estimate of drug-likeness (QED) is 0.698. The molecular weight excluding hydrogens is 370 g/mol. The summed E-state index contributed by atoms with van der Waals surface area (Å²) in [5.74, 6) is 0.818. The summed E-state index contributed by atoms with van der Waals surface area (Å²) in [6.07, 6.45) is 1.08. The van der Waals surface area contributed by atoms with Crippen molar-refractivity contribution in [3.63, 3.8) is 0 Å². The molecule has 0 saturated heterocycles. The van der Waals surface area contributed by atoms with E-state index in [4.69, 9.17) is 16.3 Å². The summed E-state index contributed by atoms with van der Waals surface area (Å²) >= 11 is 11.4. The Morgan fingerprint density at radius 1 is 1.38 bits per heavy atom. The van der Waals surface area contributed by atoms with E-state index in [0.717, 1.165) is 24.3 Å². The maximum absolute atomic E-state index is 6.07. The maximum Gasteiger partial charge on any atom is 0.125 e. The average Bonchev–Trinajstić information content (AvgIpc) is 2.80. The molecule has 0 radical (unpaired) electrons. The van der Waals surface area contributed by atoms with Crippen LogP contribution in [0.3, 0.4) is 0 Å². The molecule has 0 bridgehead atoms. The van der Waals surface area contributed by atoms with Crippen molar-refractivity contribution in [3.8, 4) is 5.75 Å². The minimum absolute atomic E-state index is 0.118. The molecule has 1 heterocycles. The second-order valence-corrected chi connectivity index (χ2v) is 7.72. The van der Waals surface area contributed by atoms with E-state index >= 15 is 0 Å². The van der Waals surface area contributed by atoms with E-state index in [1.165, 1.54) is 14.2 Å². The first-order valence-corrected chi connectivity index (χ1v) is 8.88. The Kier molecular flexibility index (Phi) is 6.11. The molecule has 114 valence electrons. The van der Waals surface area contributed by atoms with Crippen LogP contribution in [0.1, 0.15) is 35.4 Å². The van der Waals surface area contributed by atoms with Gasteiger partial charge in [0, 0.05) is 15.5 Å². The topological polar surface area (TPSA) is 21.3 Å². The number of hydrogen-bond acceptors (Lipinski definition) is 3. The molecule has 0 aliphatic rings. The maximum atomic E-state index is 6.07. The smallest absolute Gasteiger partial charge is 0.125 e. The predicted molar refractivity (Wildman–Crippen MR) is 94.9 cm³/mol. The molecule has 0 aliphatic carbocycles. The molecule has 1 atom stereocenters. The van der Waals surface area contributed by atoms with Gasteiger partial charge in [0.15, 0.2) is 0 Å². The number of halogens is 2. The van der Waals surface area contributed by atoms with Crippen molar-refractivity contribution < 1.29 is 4.74 Å². The van der Waals surface area contributed by atoms with Gasteiger partial charge in [-0.2, -0.15) is 0 Å². The Balaban J connectivity index is 2.44. The highest BCUT2D eigenvalue weighted by molar-refractivity contribution is 9.11. The van der Waals surface area contributed by atoms with E-state index in [2.05, 4.69) is 41.2 Å². The van der Waals surface area contributed by atoms with Crippen molar-refractivity contribution in [2.75, 3.05) is 13.7 Å². The van der Waals surface area contributed by atoms with Crippen molar-refractivity contribution in [2.45, 2.75) is 26.3 Å². The van der Waals surface area contributed by atoms with Gasteiger partial charge in [0.05, 0.1) is 16.9 Å². The summed E-state index contributed by atoms with van der Waals surface area (Å²) in [7, 11) is 1.68. The van der Waals surface area contributed by atoms with Gasteiger partial charge in [0.2, 0.25) is 0 Å². The second-order valence-electron chi connectivity index (χ2n) is 4.88. The number of thiophene rings is 1. The molecule has 0 amide bonds. The van der Waals surface area contributed by atoms with Crippen LogP contribution in [0.5, 0.6) is 5.75 Å². The molecule has 2 rings (SSSR count). The van der Waals surface area contributed by atoms with Crippen molar-refractivity contribution in [3.05, 3.63) is 49.1 Å². The molecule has 0 saturated carbocycles. The van der Waals surface area contributed by atoms with Crippen LogP contribution in [0.4, 0.5) is 0 Å². The number of methoxy groups -OCH3 is 1. The van der Waals surface area contributed by atoms with Crippen LogP contribution in [-0.2, 0) is 0 Å². The van der Waals surface area contributed by atoms with Gasteiger partial charge in [-0.05, 0) is 59.6 Å². The van der Waals surface area contributed by atoms with Crippen molar-refractivity contribution in [1.29, 1.82) is 0 Å². The lowest BCUT2D eigenvalue weighted by molar-refractivity contribution is 0.404. The van der Waals surface area contributed by atoms with Crippen LogP contribution in [0.15, 0.2) is 28.1 Å². The SMILES string of the molecule is CCCNC(c1cc(C)c(Br)s1)c1ccc(Cl)cc1OC. The van der Waals surface area contributed by atoms with Crippen LogP contribution in [0.25, 0.3) is 0 Å². The molecule has 21 heavy (non-hydrogen) atoms. The Hall–Kier alpha value is -0.550. The van der Waals surface area contributed by atoms with Crippen molar-refractivity contribution in [2.24, 2.45) is 0 Å². The second kappa shape index (κ2) is 7.63. The summed E-state index contributed by atoms with van der Waals surface area (Å²) in [6, 6.07) is 8.16. The highest BCUT2D eigenvalue weighted by Crippen LogP contribution is 2.38. The zero-order chi connectivity index (χ0) is 15.4. The van der Waals surface area contributed by atoms with Crippen LogP contribution in [0, 0.1) is 6.92 Å². The molecule has 1 aromatic carbocycles. The minimum atomic E-state index is 0.118. The first-order valence-electron chi connectivity index (χ1n) is 6.89. The Morgan fingerprint density at radius 2 is 2.14 bits per heavy atom. The van der Waals surface area contributed by atoms with Gasteiger partial charge in [0.25, 0.3) is 0 Å². The van der Waals surface area contributed by atoms with E-state index in [1.54, 1.807) is 18.4 Å². The predicted octanol–water partition coefficient (Wildman–Crippen LogP) is 5.57. The summed E-state index contributed by atoms with van der Waals surface area (Å²) < 4.78 is 6.69. The van der Waals surface area contributed by atoms with Crippen LogP contribution < -0.4 is 10.1 Å². The third-order valence-electron chi connectivity index (χ3n) is 3.27. The van der Waals surface area contributed by atoms with Crippen LogP contribution >= 0.6 is 38.9 Å². The summed E-state index contributed by atoms with van der Waals surface area (Å²) in [6.45, 7) is 5.23. The number of ether oxygens (including phenoxy) is 1. The fraction of sp³-hybridized carbons (Fsp3) is 0.375. The Bertz CT molecular complexity index is 595. The fourth-order valence-corrected chi connectivity index (χ4v) is 4.03. The van der Waals surface area contributed by atoms with Crippen LogP contribution in [0.2, 0.25) is 5.02 Å². The van der Waals surface area contributed by atoms with E-state index in [9.17, 15) is 0 Å². The van der Waals surface area contributed by atoms with E-state index in [0.29, 0.717) is 5.02 Å². The third-order valence-corrected chi connectivity index (χ3v) is 5.70. The van der Waals surface area contributed by atoms with Crippen LogP contribution in [-0.4, -0.2) is 13.7 Å². The summed E-state index contributed by atoms with van der Waals surface area (Å²) in [4.78, 5) is 1.27. The van der Waals surface area contributed by atoms with Gasteiger partial charge in [0.1, 0.15) is 5.75 Å². The number of hydrogen-bond donors (Lipinski definition) is 1. The minimum Gasteiger partial charge on any atom is -0.496 e. The highest BCUT2D eigenvalue weighted by atomic mass is 79.9. The molecule has 0 fully saturated rings. The summed E-state index contributed by atoms with van der Waals surface area (Å²) in [5, 5.41) is 4.29. The number of benzene rings is 1. The number of rotatable bonds is 6. The lowest BCUT2D eigenvalue weighted by Gasteiger charge is -2.20. The van der Waals surface area contributed by atoms with Crippen molar-refractivity contribution in [1.82, 2.24) is 5.32 Å². The first kappa shape index (κ1) is 16.8. The van der Waals surface area contributed by atoms with Gasteiger partial charge in [-0.1, -0.05) is 24.6 Å². The van der Waals surface area contributed by atoms with Gasteiger partial charge < -0.3 is 10.1 Å².